The van der Waals surface area contributed by atoms with Crippen LogP contribution in [0.2, 0.25) is 0 Å². The number of carbonyl (C=O) groups excluding carboxylic acids is 3. The van der Waals surface area contributed by atoms with E-state index in [4.69, 9.17) is 4.74 Å². The van der Waals surface area contributed by atoms with Crippen LogP contribution in [-0.2, 0) is 16.1 Å². The molecule has 2 heterocycles. The molecule has 1 unspecified atom stereocenters. The summed E-state index contributed by atoms with van der Waals surface area (Å²) in [6.07, 6.45) is 7.90. The van der Waals surface area contributed by atoms with Crippen molar-refractivity contribution >= 4 is 50.9 Å². The smallest absolute Gasteiger partial charge is 0.419 e. The van der Waals surface area contributed by atoms with Gasteiger partial charge in [0.05, 0.1) is 17.1 Å². The van der Waals surface area contributed by atoms with Crippen molar-refractivity contribution < 1.29 is 19.1 Å². The maximum absolute atomic E-state index is 13.3. The third-order valence-corrected chi connectivity index (χ3v) is 7.47. The van der Waals surface area contributed by atoms with Gasteiger partial charge >= 0.3 is 6.09 Å². The minimum absolute atomic E-state index is 0.0629. The summed E-state index contributed by atoms with van der Waals surface area (Å²) >= 11 is 1.30. The quantitative estimate of drug-likeness (QED) is 0.311. The number of fused-ring (bicyclic) bond motifs is 1. The molecule has 0 radical (unpaired) electrons. The number of allylic oxidation sites excluding steroid dienone is 3. The first kappa shape index (κ1) is 24.8. The fraction of sp³-hybridized carbons (Fsp3) is 0.200. The van der Waals surface area contributed by atoms with Gasteiger partial charge in [-0.25, -0.2) is 14.3 Å². The predicted molar refractivity (Wildman–Crippen MR) is 150 cm³/mol. The fourth-order valence-electron chi connectivity index (χ4n) is 4.47. The first-order valence-electron chi connectivity index (χ1n) is 12.8. The van der Waals surface area contributed by atoms with Crippen LogP contribution in [-0.4, -0.2) is 33.5 Å². The predicted octanol–water partition coefficient (Wildman–Crippen LogP) is 5.77. The molecule has 0 saturated heterocycles. The van der Waals surface area contributed by atoms with Crippen LogP contribution in [0.3, 0.4) is 0 Å². The largest absolute Gasteiger partial charge is 0.444 e. The van der Waals surface area contributed by atoms with Gasteiger partial charge in [0.15, 0.2) is 5.13 Å². The normalized spacial score (nSPS) is 16.5. The molecule has 1 saturated carbocycles. The van der Waals surface area contributed by atoms with Crippen LogP contribution in [0.15, 0.2) is 84.3 Å². The van der Waals surface area contributed by atoms with Crippen LogP contribution in [0.4, 0.5) is 9.93 Å². The molecule has 8 nitrogen and oxygen atoms in total. The van der Waals surface area contributed by atoms with E-state index in [0.29, 0.717) is 23.1 Å². The number of anilines is 1. The molecule has 4 aromatic rings. The van der Waals surface area contributed by atoms with Crippen molar-refractivity contribution in [2.45, 2.75) is 31.9 Å². The minimum Gasteiger partial charge on any atom is -0.444 e. The van der Waals surface area contributed by atoms with Gasteiger partial charge in [-0.3, -0.25) is 14.9 Å². The number of ether oxygens (including phenoxy) is 1. The second kappa shape index (κ2) is 10.7. The average Bonchev–Trinajstić information content (AvgIpc) is 3.51. The van der Waals surface area contributed by atoms with Gasteiger partial charge in [-0.2, -0.15) is 0 Å². The Kier molecular flexibility index (Phi) is 6.81. The molecule has 0 bridgehead atoms. The average molecular weight is 539 g/mol. The number of thiazole rings is 1. The summed E-state index contributed by atoms with van der Waals surface area (Å²) in [7, 11) is 0. The zero-order chi connectivity index (χ0) is 26.8. The van der Waals surface area contributed by atoms with Crippen molar-refractivity contribution in [3.05, 3.63) is 101 Å². The lowest BCUT2D eigenvalue weighted by molar-refractivity contribution is -0.123. The van der Waals surface area contributed by atoms with E-state index in [9.17, 15) is 14.4 Å². The van der Waals surface area contributed by atoms with E-state index < -0.39 is 12.0 Å². The summed E-state index contributed by atoms with van der Waals surface area (Å²) in [5.74, 6) is -0.572. The molecule has 0 spiro atoms. The fourth-order valence-corrected chi connectivity index (χ4v) is 5.18. The van der Waals surface area contributed by atoms with Crippen molar-refractivity contribution in [3.63, 3.8) is 0 Å². The molecular weight excluding hydrogens is 512 g/mol. The Morgan fingerprint density at radius 2 is 1.85 bits per heavy atom. The molecule has 39 heavy (non-hydrogen) atoms. The lowest BCUT2D eigenvalue weighted by atomic mass is 9.95. The molecule has 2 N–H and O–H groups in total. The monoisotopic (exact) mass is 538 g/mol. The maximum atomic E-state index is 13.3. The van der Waals surface area contributed by atoms with Gasteiger partial charge in [0.1, 0.15) is 12.3 Å². The van der Waals surface area contributed by atoms with Crippen molar-refractivity contribution in [2.24, 2.45) is 5.92 Å². The van der Waals surface area contributed by atoms with Crippen LogP contribution in [0.5, 0.6) is 0 Å². The van der Waals surface area contributed by atoms with E-state index in [0.717, 1.165) is 35.1 Å². The maximum Gasteiger partial charge on any atom is 0.419 e. The van der Waals surface area contributed by atoms with Gasteiger partial charge in [0.2, 0.25) is 5.91 Å². The summed E-state index contributed by atoms with van der Waals surface area (Å²) in [4.78, 5) is 43.3. The highest BCUT2D eigenvalue weighted by molar-refractivity contribution is 7.14. The number of hydrogen-bond acceptors (Lipinski definition) is 6. The topological polar surface area (TPSA) is 102 Å². The summed E-state index contributed by atoms with van der Waals surface area (Å²) < 4.78 is 6.84. The van der Waals surface area contributed by atoms with E-state index >= 15 is 0 Å². The Bertz CT molecular complexity index is 1610. The van der Waals surface area contributed by atoms with Gasteiger partial charge < -0.3 is 10.1 Å². The molecule has 6 rings (SSSR count). The number of para-hydroxylation sites is 1. The number of aromatic nitrogens is 2. The minimum atomic E-state index is -0.636. The highest BCUT2D eigenvalue weighted by atomic mass is 32.1. The van der Waals surface area contributed by atoms with Crippen molar-refractivity contribution in [3.8, 4) is 0 Å². The standard InChI is InChI=1S/C30H26N4O4S/c35-27(31-23-14-15-23)21-12-10-20(11-13-21)24-18-39-29(32-24)33-28(36)26-16-22-8-4-5-9-25(22)34(26)30(37)38-17-19-6-2-1-3-7-19/h1-12,16,18,21,23H,13-15,17H2,(H,31,35)(H,32,33,36). The van der Waals surface area contributed by atoms with Crippen molar-refractivity contribution in [1.29, 1.82) is 0 Å². The molecule has 2 amide bonds. The molecule has 9 heteroatoms. The Morgan fingerprint density at radius 1 is 1.05 bits per heavy atom. The Hall–Kier alpha value is -4.50. The first-order chi connectivity index (χ1) is 19.0. The SMILES string of the molecule is O=C(Nc1nc(C2=CCC(C(=O)NC3CC3)C=C2)cs1)c1cc2ccccc2n1C(=O)OCc1ccccc1. The molecule has 2 aliphatic rings. The molecular formula is C30H26N4O4S. The number of rotatable bonds is 7. The first-order valence-corrected chi connectivity index (χ1v) is 13.7. The van der Waals surface area contributed by atoms with Crippen LogP contribution in [0, 0.1) is 5.92 Å². The molecule has 1 fully saturated rings. The van der Waals surface area contributed by atoms with Gasteiger partial charge in [-0.1, -0.05) is 66.8 Å². The summed E-state index contributed by atoms with van der Waals surface area (Å²) in [6.45, 7) is 0.0921. The van der Waals surface area contributed by atoms with Crippen LogP contribution in [0.1, 0.15) is 41.0 Å². The molecule has 196 valence electrons. The number of hydrogen-bond donors (Lipinski definition) is 2. The third-order valence-electron chi connectivity index (χ3n) is 6.71. The highest BCUT2D eigenvalue weighted by Crippen LogP contribution is 2.29. The number of nitrogens with one attached hydrogen (secondary N) is 2. The second-order valence-electron chi connectivity index (χ2n) is 9.60. The van der Waals surface area contributed by atoms with E-state index in [-0.39, 0.29) is 24.1 Å². The lowest BCUT2D eigenvalue weighted by Gasteiger charge is -2.15. The number of benzene rings is 2. The van der Waals surface area contributed by atoms with Gasteiger partial charge in [-0.15, -0.1) is 11.3 Å². The van der Waals surface area contributed by atoms with Gasteiger partial charge in [0.25, 0.3) is 5.91 Å². The lowest BCUT2D eigenvalue weighted by Crippen LogP contribution is -2.31. The Balaban J connectivity index is 1.16. The Morgan fingerprint density at radius 3 is 2.62 bits per heavy atom. The highest BCUT2D eigenvalue weighted by Gasteiger charge is 2.27. The molecule has 2 aromatic heterocycles. The zero-order valence-corrected chi connectivity index (χ0v) is 21.8. The molecule has 2 aromatic carbocycles. The van der Waals surface area contributed by atoms with Gasteiger partial charge in [0, 0.05) is 16.8 Å². The molecule has 1 atom stereocenters. The zero-order valence-electron chi connectivity index (χ0n) is 21.0. The molecule has 2 aliphatic carbocycles. The third kappa shape index (κ3) is 5.53. The summed E-state index contributed by atoms with van der Waals surface area (Å²) in [5.41, 5.74) is 3.21. The van der Waals surface area contributed by atoms with Gasteiger partial charge in [-0.05, 0) is 42.5 Å². The van der Waals surface area contributed by atoms with Crippen LogP contribution in [0.25, 0.3) is 16.5 Å². The summed E-state index contributed by atoms with van der Waals surface area (Å²) in [6, 6.07) is 18.7. The number of carbonyl (C=O) groups is 3. The molecule has 0 aliphatic heterocycles. The second-order valence-corrected chi connectivity index (χ2v) is 10.5. The van der Waals surface area contributed by atoms with E-state index in [1.807, 2.05) is 72.1 Å². The number of amides is 2. The van der Waals surface area contributed by atoms with E-state index in [1.165, 1.54) is 15.9 Å². The van der Waals surface area contributed by atoms with E-state index in [2.05, 4.69) is 15.6 Å². The number of nitrogens with zero attached hydrogens (tertiary/aromatic N) is 2. The van der Waals surface area contributed by atoms with Crippen molar-refractivity contribution in [1.82, 2.24) is 14.9 Å². The van der Waals surface area contributed by atoms with E-state index in [1.54, 1.807) is 12.1 Å². The van der Waals surface area contributed by atoms with Crippen LogP contribution < -0.4 is 10.6 Å². The summed E-state index contributed by atoms with van der Waals surface area (Å²) in [5, 5.41) is 8.89. The van der Waals surface area contributed by atoms with Crippen LogP contribution >= 0.6 is 11.3 Å². The van der Waals surface area contributed by atoms with Crippen molar-refractivity contribution in [2.75, 3.05) is 5.32 Å². The Labute approximate surface area is 229 Å².